The molecule has 0 fully saturated rings. The molecule has 5 rings (SSSR count). The lowest BCUT2D eigenvalue weighted by Crippen LogP contribution is -2.32. The maximum atomic E-state index is 13.4. The number of nitrogens with two attached hydrogens (primary N) is 1. The highest BCUT2D eigenvalue weighted by Crippen LogP contribution is 2.33. The minimum atomic E-state index is -0.0299. The van der Waals surface area contributed by atoms with Gasteiger partial charge in [0.1, 0.15) is 0 Å². The van der Waals surface area contributed by atoms with Crippen LogP contribution >= 0.6 is 0 Å². The average molecular weight is 396 g/mol. The highest BCUT2D eigenvalue weighted by atomic mass is 16.2. The number of amides is 1. The van der Waals surface area contributed by atoms with Crippen molar-refractivity contribution in [2.24, 2.45) is 0 Å². The quantitative estimate of drug-likeness (QED) is 0.404. The Bertz CT molecular complexity index is 1240. The van der Waals surface area contributed by atoms with Crippen LogP contribution in [0, 0.1) is 0 Å². The molecule has 1 aliphatic heterocycles. The molecule has 1 atom stereocenters. The molecule has 0 bridgehead atoms. The van der Waals surface area contributed by atoms with Crippen LogP contribution in [0.2, 0.25) is 0 Å². The molecule has 30 heavy (non-hydrogen) atoms. The van der Waals surface area contributed by atoms with Crippen molar-refractivity contribution in [1.29, 1.82) is 0 Å². The smallest absolute Gasteiger partial charge is 0.258 e. The van der Waals surface area contributed by atoms with Crippen LogP contribution in [-0.4, -0.2) is 23.5 Å². The van der Waals surface area contributed by atoms with Crippen LogP contribution in [0.4, 0.5) is 17.1 Å². The Hall–Kier alpha value is -3.73. The Morgan fingerprint density at radius 1 is 1.07 bits per heavy atom. The minimum Gasteiger partial charge on any atom is -0.398 e. The Kier molecular flexibility index (Phi) is 4.43. The largest absolute Gasteiger partial charge is 0.398 e. The van der Waals surface area contributed by atoms with Crippen molar-refractivity contribution in [1.82, 2.24) is 4.98 Å². The zero-order valence-corrected chi connectivity index (χ0v) is 16.9. The SMILES string of the molecule is CC1CCN(C(=O)c2ccc(-c3ccc4[nH]ccc4c3)c(N)c2)c2ccccc2N1. The lowest BCUT2D eigenvalue weighted by molar-refractivity contribution is 0.0987. The van der Waals surface area contributed by atoms with Gasteiger partial charge in [-0.25, -0.2) is 0 Å². The van der Waals surface area contributed by atoms with Gasteiger partial charge in [0.2, 0.25) is 0 Å². The molecule has 0 spiro atoms. The molecule has 4 N–H and O–H groups in total. The van der Waals surface area contributed by atoms with E-state index in [2.05, 4.69) is 23.3 Å². The van der Waals surface area contributed by atoms with E-state index < -0.39 is 0 Å². The van der Waals surface area contributed by atoms with E-state index in [1.165, 1.54) is 0 Å². The van der Waals surface area contributed by atoms with Gasteiger partial charge in [0.05, 0.1) is 11.4 Å². The number of hydrogen-bond acceptors (Lipinski definition) is 3. The minimum absolute atomic E-state index is 0.0299. The van der Waals surface area contributed by atoms with Crippen LogP contribution in [0.25, 0.3) is 22.0 Å². The average Bonchev–Trinajstić information content (AvgIpc) is 3.15. The number of aromatic amines is 1. The predicted octanol–water partition coefficient (Wildman–Crippen LogP) is 5.27. The van der Waals surface area contributed by atoms with Gasteiger partial charge in [-0.2, -0.15) is 0 Å². The summed E-state index contributed by atoms with van der Waals surface area (Å²) in [6, 6.07) is 22.1. The number of fused-ring (bicyclic) bond motifs is 2. The maximum absolute atomic E-state index is 13.4. The summed E-state index contributed by atoms with van der Waals surface area (Å²) >= 11 is 0. The third-order valence-electron chi connectivity index (χ3n) is 5.79. The van der Waals surface area contributed by atoms with Crippen molar-refractivity contribution in [3.8, 4) is 11.1 Å². The predicted molar refractivity (Wildman–Crippen MR) is 124 cm³/mol. The van der Waals surface area contributed by atoms with E-state index in [4.69, 9.17) is 5.73 Å². The van der Waals surface area contributed by atoms with E-state index >= 15 is 0 Å². The summed E-state index contributed by atoms with van der Waals surface area (Å²) < 4.78 is 0. The normalized spacial score (nSPS) is 16.0. The number of carbonyl (C=O) groups excluding carboxylic acids is 1. The summed E-state index contributed by atoms with van der Waals surface area (Å²) in [5.41, 5.74) is 12.6. The van der Waals surface area contributed by atoms with Crippen molar-refractivity contribution < 1.29 is 4.79 Å². The molecule has 5 heteroatoms. The number of aromatic nitrogens is 1. The summed E-state index contributed by atoms with van der Waals surface area (Å²) in [4.78, 5) is 18.5. The first kappa shape index (κ1) is 18.3. The molecule has 1 unspecified atom stereocenters. The number of anilines is 3. The monoisotopic (exact) mass is 396 g/mol. The third kappa shape index (κ3) is 3.18. The molecular formula is C25H24N4O. The van der Waals surface area contributed by atoms with E-state index in [0.29, 0.717) is 23.8 Å². The van der Waals surface area contributed by atoms with Gasteiger partial charge >= 0.3 is 0 Å². The number of carbonyl (C=O) groups is 1. The zero-order valence-electron chi connectivity index (χ0n) is 16.9. The molecule has 1 aromatic heterocycles. The summed E-state index contributed by atoms with van der Waals surface area (Å²) in [5, 5.41) is 4.63. The highest BCUT2D eigenvalue weighted by molar-refractivity contribution is 6.09. The molecular weight excluding hydrogens is 372 g/mol. The molecule has 0 saturated heterocycles. The molecule has 1 aliphatic rings. The van der Waals surface area contributed by atoms with Gasteiger partial charge in [0.25, 0.3) is 5.91 Å². The van der Waals surface area contributed by atoms with Crippen LogP contribution in [0.5, 0.6) is 0 Å². The lowest BCUT2D eigenvalue weighted by atomic mass is 10.00. The second-order valence-electron chi connectivity index (χ2n) is 7.89. The molecule has 4 aromatic rings. The van der Waals surface area contributed by atoms with Crippen molar-refractivity contribution >= 4 is 33.9 Å². The summed E-state index contributed by atoms with van der Waals surface area (Å²) in [6.45, 7) is 2.80. The maximum Gasteiger partial charge on any atom is 0.258 e. The van der Waals surface area contributed by atoms with Gasteiger partial charge in [-0.1, -0.05) is 24.3 Å². The second kappa shape index (κ2) is 7.26. The second-order valence-corrected chi connectivity index (χ2v) is 7.89. The van der Waals surface area contributed by atoms with Gasteiger partial charge in [-0.3, -0.25) is 4.79 Å². The fraction of sp³-hybridized carbons (Fsp3) is 0.160. The van der Waals surface area contributed by atoms with E-state index in [1.54, 1.807) is 6.07 Å². The first-order chi connectivity index (χ1) is 14.6. The number of H-pyrrole nitrogens is 1. The van der Waals surface area contributed by atoms with Gasteiger partial charge in [0.15, 0.2) is 0 Å². The fourth-order valence-corrected chi connectivity index (χ4v) is 4.16. The Labute approximate surface area is 175 Å². The van der Waals surface area contributed by atoms with E-state index in [1.807, 2.05) is 65.7 Å². The number of nitrogen functional groups attached to an aromatic ring is 1. The summed E-state index contributed by atoms with van der Waals surface area (Å²) in [7, 11) is 0. The first-order valence-electron chi connectivity index (χ1n) is 10.2. The van der Waals surface area contributed by atoms with E-state index in [-0.39, 0.29) is 5.91 Å². The lowest BCUT2D eigenvalue weighted by Gasteiger charge is -2.23. The zero-order chi connectivity index (χ0) is 20.7. The molecule has 150 valence electrons. The number of rotatable bonds is 2. The summed E-state index contributed by atoms with van der Waals surface area (Å²) in [5.74, 6) is -0.0299. The van der Waals surface area contributed by atoms with Gasteiger partial charge in [-0.05, 0) is 66.8 Å². The topological polar surface area (TPSA) is 74.2 Å². The first-order valence-corrected chi connectivity index (χ1v) is 10.2. The van der Waals surface area contributed by atoms with Crippen LogP contribution in [-0.2, 0) is 0 Å². The number of para-hydroxylation sites is 2. The van der Waals surface area contributed by atoms with Crippen molar-refractivity contribution in [3.05, 3.63) is 78.5 Å². The van der Waals surface area contributed by atoms with Crippen LogP contribution in [0.3, 0.4) is 0 Å². The highest BCUT2D eigenvalue weighted by Gasteiger charge is 2.24. The number of nitrogens with zero attached hydrogens (tertiary/aromatic N) is 1. The number of benzene rings is 3. The molecule has 0 aliphatic carbocycles. The molecule has 5 nitrogen and oxygen atoms in total. The van der Waals surface area contributed by atoms with Crippen molar-refractivity contribution in [3.63, 3.8) is 0 Å². The Balaban J connectivity index is 1.49. The summed E-state index contributed by atoms with van der Waals surface area (Å²) in [6.07, 6.45) is 2.80. The van der Waals surface area contributed by atoms with Gasteiger partial charge in [0, 0.05) is 41.1 Å². The van der Waals surface area contributed by atoms with E-state index in [0.717, 1.165) is 39.8 Å². The molecule has 2 heterocycles. The van der Waals surface area contributed by atoms with Gasteiger partial charge < -0.3 is 20.9 Å². The Morgan fingerprint density at radius 3 is 2.80 bits per heavy atom. The van der Waals surface area contributed by atoms with Gasteiger partial charge in [-0.15, -0.1) is 0 Å². The molecule has 0 saturated carbocycles. The van der Waals surface area contributed by atoms with E-state index in [9.17, 15) is 4.79 Å². The fourth-order valence-electron chi connectivity index (χ4n) is 4.16. The van der Waals surface area contributed by atoms with Crippen LogP contribution in [0.15, 0.2) is 72.9 Å². The third-order valence-corrected chi connectivity index (χ3v) is 5.79. The molecule has 0 radical (unpaired) electrons. The number of nitrogens with one attached hydrogen (secondary N) is 2. The van der Waals surface area contributed by atoms with Crippen LogP contribution < -0.4 is 16.0 Å². The Morgan fingerprint density at radius 2 is 1.93 bits per heavy atom. The molecule has 3 aromatic carbocycles. The molecule has 1 amide bonds. The standard InChI is InChI=1S/C25H24N4O/c1-16-11-13-29(24-5-3-2-4-23(24)28-16)25(30)19-6-8-20(21(26)15-19)17-7-9-22-18(14-17)10-12-27-22/h2-10,12,14-16,27-28H,11,13,26H2,1H3. The van der Waals surface area contributed by atoms with Crippen molar-refractivity contribution in [2.75, 3.05) is 22.5 Å². The van der Waals surface area contributed by atoms with Crippen molar-refractivity contribution in [2.45, 2.75) is 19.4 Å². The van der Waals surface area contributed by atoms with Crippen LogP contribution in [0.1, 0.15) is 23.7 Å². The number of hydrogen-bond donors (Lipinski definition) is 3.